The zero-order chi connectivity index (χ0) is 24.2. The van der Waals surface area contributed by atoms with E-state index in [1.807, 2.05) is 48.5 Å². The molecule has 1 unspecified atom stereocenters. The van der Waals surface area contributed by atoms with Gasteiger partial charge >= 0.3 is 0 Å². The number of furan rings is 1. The number of carbonyl (C=O) groups excluding carboxylic acids is 3. The Morgan fingerprint density at radius 2 is 1.80 bits per heavy atom. The third kappa shape index (κ3) is 5.27. The summed E-state index contributed by atoms with van der Waals surface area (Å²) in [5.41, 5.74) is 3.19. The highest BCUT2D eigenvalue weighted by Crippen LogP contribution is 2.41. The molecule has 2 heterocycles. The quantitative estimate of drug-likeness (QED) is 0.471. The smallest absolute Gasteiger partial charge is 0.255 e. The van der Waals surface area contributed by atoms with Crippen molar-refractivity contribution in [3.05, 3.63) is 94.9 Å². The lowest BCUT2D eigenvalue weighted by Crippen LogP contribution is -2.43. The SMILES string of the molecule is O=C(CNC(=O)C1c2ccccc2C(=O)N1C1CC1)NCc1cccc(COCc2ccco2)c1. The second-order valence-corrected chi connectivity index (χ2v) is 8.82. The number of nitrogens with one attached hydrogen (secondary N) is 2. The molecule has 0 bridgehead atoms. The average Bonchev–Trinajstić information content (AvgIpc) is 3.49. The van der Waals surface area contributed by atoms with Crippen LogP contribution in [-0.4, -0.2) is 35.2 Å². The van der Waals surface area contributed by atoms with Crippen LogP contribution < -0.4 is 10.6 Å². The lowest BCUT2D eigenvalue weighted by molar-refractivity contribution is -0.129. The van der Waals surface area contributed by atoms with Gasteiger partial charge in [-0.3, -0.25) is 14.4 Å². The van der Waals surface area contributed by atoms with Crippen molar-refractivity contribution in [3.63, 3.8) is 0 Å². The fourth-order valence-corrected chi connectivity index (χ4v) is 4.35. The first-order valence-corrected chi connectivity index (χ1v) is 11.7. The molecule has 180 valence electrons. The van der Waals surface area contributed by atoms with Gasteiger partial charge in [-0.25, -0.2) is 0 Å². The van der Waals surface area contributed by atoms with Crippen molar-refractivity contribution in [3.8, 4) is 0 Å². The molecule has 1 fully saturated rings. The third-order valence-electron chi connectivity index (χ3n) is 6.18. The number of carbonyl (C=O) groups is 3. The van der Waals surface area contributed by atoms with E-state index in [9.17, 15) is 14.4 Å². The standard InChI is InChI=1S/C27H27N3O5/c31-24(28-14-18-5-3-6-19(13-18)16-34-17-21-7-4-12-35-21)15-29-26(32)25-22-8-1-2-9-23(22)27(33)30(25)20-10-11-20/h1-9,12-13,20,25H,10-11,14-17H2,(H,28,31)(H,29,32). The van der Waals surface area contributed by atoms with Gasteiger partial charge in [-0.15, -0.1) is 0 Å². The molecular formula is C27H27N3O5. The Balaban J connectivity index is 1.11. The van der Waals surface area contributed by atoms with E-state index < -0.39 is 6.04 Å². The predicted molar refractivity (Wildman–Crippen MR) is 127 cm³/mol. The van der Waals surface area contributed by atoms with Crippen molar-refractivity contribution in [1.82, 2.24) is 15.5 Å². The van der Waals surface area contributed by atoms with Crippen molar-refractivity contribution >= 4 is 17.7 Å². The Morgan fingerprint density at radius 1 is 0.971 bits per heavy atom. The zero-order valence-corrected chi connectivity index (χ0v) is 19.2. The molecule has 2 N–H and O–H groups in total. The Morgan fingerprint density at radius 3 is 2.60 bits per heavy atom. The number of hydrogen-bond acceptors (Lipinski definition) is 5. The summed E-state index contributed by atoms with van der Waals surface area (Å²) in [6, 6.07) is 18.0. The van der Waals surface area contributed by atoms with Crippen molar-refractivity contribution in [1.29, 1.82) is 0 Å². The molecule has 35 heavy (non-hydrogen) atoms. The number of hydrogen-bond donors (Lipinski definition) is 2. The number of amides is 3. The highest BCUT2D eigenvalue weighted by Gasteiger charge is 2.47. The van der Waals surface area contributed by atoms with Gasteiger partial charge in [0.25, 0.3) is 5.91 Å². The Hall–Kier alpha value is -3.91. The maximum Gasteiger partial charge on any atom is 0.255 e. The van der Waals surface area contributed by atoms with Crippen molar-refractivity contribution in [2.75, 3.05) is 6.54 Å². The molecule has 2 aliphatic rings. The second kappa shape index (κ2) is 10.1. The number of nitrogens with zero attached hydrogens (tertiary/aromatic N) is 1. The first-order valence-electron chi connectivity index (χ1n) is 11.7. The molecule has 1 aromatic heterocycles. The molecule has 1 aliphatic carbocycles. The summed E-state index contributed by atoms with van der Waals surface area (Å²) in [5.74, 6) is 0.0244. The largest absolute Gasteiger partial charge is 0.467 e. The highest BCUT2D eigenvalue weighted by atomic mass is 16.5. The fourth-order valence-electron chi connectivity index (χ4n) is 4.35. The molecule has 8 heteroatoms. The van der Waals surface area contributed by atoms with Gasteiger partial charge in [0.2, 0.25) is 11.8 Å². The Labute approximate surface area is 203 Å². The van der Waals surface area contributed by atoms with Crippen LogP contribution in [0.15, 0.2) is 71.3 Å². The van der Waals surface area contributed by atoms with E-state index >= 15 is 0 Å². The second-order valence-electron chi connectivity index (χ2n) is 8.82. The van der Waals surface area contributed by atoms with Gasteiger partial charge in [-0.1, -0.05) is 42.5 Å². The van der Waals surface area contributed by atoms with Crippen LogP contribution in [-0.2, 0) is 34.1 Å². The van der Waals surface area contributed by atoms with Crippen molar-refractivity contribution in [2.45, 2.75) is 44.7 Å². The van der Waals surface area contributed by atoms with E-state index in [4.69, 9.17) is 9.15 Å². The molecule has 0 saturated heterocycles. The number of fused-ring (bicyclic) bond motifs is 1. The molecule has 3 amide bonds. The van der Waals surface area contributed by atoms with Gasteiger partial charge in [0.15, 0.2) is 0 Å². The van der Waals surface area contributed by atoms with Crippen LogP contribution in [0.5, 0.6) is 0 Å². The van der Waals surface area contributed by atoms with Crippen LogP contribution in [0.25, 0.3) is 0 Å². The number of rotatable bonds is 10. The lowest BCUT2D eigenvalue weighted by Gasteiger charge is -2.24. The Kier molecular flexibility index (Phi) is 6.63. The molecule has 1 saturated carbocycles. The first kappa shape index (κ1) is 22.9. The molecule has 0 spiro atoms. The van der Waals surface area contributed by atoms with Crippen molar-refractivity contribution in [2.24, 2.45) is 0 Å². The van der Waals surface area contributed by atoms with Gasteiger partial charge in [0.1, 0.15) is 18.4 Å². The molecule has 1 aliphatic heterocycles. The molecule has 8 nitrogen and oxygen atoms in total. The van der Waals surface area contributed by atoms with E-state index in [2.05, 4.69) is 10.6 Å². The lowest BCUT2D eigenvalue weighted by atomic mass is 10.0. The molecule has 5 rings (SSSR count). The monoisotopic (exact) mass is 473 g/mol. The molecule has 3 aromatic rings. The maximum absolute atomic E-state index is 13.0. The molecule has 2 aromatic carbocycles. The third-order valence-corrected chi connectivity index (χ3v) is 6.18. The number of ether oxygens (including phenoxy) is 1. The van der Waals surface area contributed by atoms with Gasteiger partial charge in [-0.2, -0.15) is 0 Å². The summed E-state index contributed by atoms with van der Waals surface area (Å²) in [5, 5.41) is 5.55. The van der Waals surface area contributed by atoms with E-state index in [-0.39, 0.29) is 30.3 Å². The minimum Gasteiger partial charge on any atom is -0.467 e. The topological polar surface area (TPSA) is 101 Å². The molecule has 0 radical (unpaired) electrons. The van der Waals surface area contributed by atoms with Gasteiger partial charge < -0.3 is 24.7 Å². The minimum absolute atomic E-state index is 0.0924. The van der Waals surface area contributed by atoms with Crippen LogP contribution >= 0.6 is 0 Å². The summed E-state index contributed by atoms with van der Waals surface area (Å²) >= 11 is 0. The van der Waals surface area contributed by atoms with Crippen LogP contribution in [0.2, 0.25) is 0 Å². The van der Waals surface area contributed by atoms with E-state index in [0.29, 0.717) is 30.9 Å². The van der Waals surface area contributed by atoms with E-state index in [0.717, 1.165) is 29.7 Å². The fraction of sp³-hybridized carbons (Fsp3) is 0.296. The molecular weight excluding hydrogens is 446 g/mol. The van der Waals surface area contributed by atoms with Crippen LogP contribution in [0.1, 0.15) is 51.7 Å². The van der Waals surface area contributed by atoms with E-state index in [1.54, 1.807) is 23.3 Å². The average molecular weight is 474 g/mol. The normalized spacial score (nSPS) is 16.7. The summed E-state index contributed by atoms with van der Waals surface area (Å²) in [4.78, 5) is 39.9. The zero-order valence-electron chi connectivity index (χ0n) is 19.2. The summed E-state index contributed by atoms with van der Waals surface area (Å²) in [7, 11) is 0. The number of benzene rings is 2. The van der Waals surface area contributed by atoms with Gasteiger partial charge in [0, 0.05) is 18.2 Å². The minimum atomic E-state index is -0.683. The van der Waals surface area contributed by atoms with Crippen molar-refractivity contribution < 1.29 is 23.5 Å². The van der Waals surface area contributed by atoms with Crippen LogP contribution in [0.4, 0.5) is 0 Å². The van der Waals surface area contributed by atoms with Crippen LogP contribution in [0.3, 0.4) is 0 Å². The predicted octanol–water partition coefficient (Wildman–Crippen LogP) is 3.09. The summed E-state index contributed by atoms with van der Waals surface area (Å²) in [6.45, 7) is 0.996. The van der Waals surface area contributed by atoms with Gasteiger partial charge in [0.05, 0.1) is 19.4 Å². The highest BCUT2D eigenvalue weighted by molar-refractivity contribution is 6.05. The maximum atomic E-state index is 13.0. The molecule has 1 atom stereocenters. The first-order chi connectivity index (χ1) is 17.1. The summed E-state index contributed by atoms with van der Waals surface area (Å²) < 4.78 is 10.9. The van der Waals surface area contributed by atoms with Crippen LogP contribution in [0, 0.1) is 0 Å². The summed E-state index contributed by atoms with van der Waals surface area (Å²) in [6.07, 6.45) is 3.41. The van der Waals surface area contributed by atoms with Gasteiger partial charge in [-0.05, 0) is 47.7 Å². The van der Waals surface area contributed by atoms with E-state index in [1.165, 1.54) is 0 Å². The Bertz CT molecular complexity index is 1220.